The van der Waals surface area contributed by atoms with E-state index in [1.807, 2.05) is 6.92 Å². The third-order valence-corrected chi connectivity index (χ3v) is 7.72. The minimum absolute atomic E-state index is 0.0523. The first-order valence-corrected chi connectivity index (χ1v) is 8.86. The van der Waals surface area contributed by atoms with Crippen molar-refractivity contribution in [1.82, 2.24) is 0 Å². The summed E-state index contributed by atoms with van der Waals surface area (Å²) in [6.07, 6.45) is 10.1. The Balaban J connectivity index is 2.04. The number of rotatable bonds is 2. The molecule has 0 aromatic heterocycles. The van der Waals surface area contributed by atoms with Gasteiger partial charge in [0.2, 0.25) is 0 Å². The number of carbonyl (C=O) groups is 1. The zero-order valence-corrected chi connectivity index (χ0v) is 14.6. The van der Waals surface area contributed by atoms with Gasteiger partial charge in [0.15, 0.2) is 5.78 Å². The molecule has 0 amide bonds. The van der Waals surface area contributed by atoms with E-state index in [4.69, 9.17) is 0 Å². The first kappa shape index (κ1) is 16.9. The Kier molecular flexibility index (Phi) is 3.70. The zero-order valence-electron chi connectivity index (χ0n) is 14.6. The molecule has 0 heterocycles. The molecule has 3 nitrogen and oxygen atoms in total. The highest BCUT2D eigenvalue weighted by Gasteiger charge is 2.65. The van der Waals surface area contributed by atoms with Gasteiger partial charge in [-0.2, -0.15) is 0 Å². The Labute approximate surface area is 139 Å². The molecule has 2 fully saturated rings. The van der Waals surface area contributed by atoms with Crippen molar-refractivity contribution in [1.29, 1.82) is 0 Å². The molecular weight excluding hydrogens is 288 g/mol. The molecule has 3 heteroatoms. The highest BCUT2D eigenvalue weighted by Crippen LogP contribution is 2.64. The van der Waals surface area contributed by atoms with Crippen molar-refractivity contribution in [3.8, 4) is 0 Å². The van der Waals surface area contributed by atoms with E-state index >= 15 is 0 Å². The van der Waals surface area contributed by atoms with Crippen LogP contribution in [0.15, 0.2) is 24.8 Å². The Morgan fingerprint density at radius 2 is 2.00 bits per heavy atom. The summed E-state index contributed by atoms with van der Waals surface area (Å²) < 4.78 is 0. The van der Waals surface area contributed by atoms with E-state index in [-0.39, 0.29) is 29.1 Å². The lowest BCUT2D eigenvalue weighted by Gasteiger charge is -2.63. The van der Waals surface area contributed by atoms with Gasteiger partial charge in [0.1, 0.15) is 0 Å². The first-order chi connectivity index (χ1) is 10.7. The van der Waals surface area contributed by atoms with Crippen LogP contribution >= 0.6 is 0 Å². The second kappa shape index (κ2) is 5.03. The number of aliphatic hydroxyl groups is 2. The quantitative estimate of drug-likeness (QED) is 0.768. The molecule has 0 aromatic rings. The van der Waals surface area contributed by atoms with E-state index in [0.717, 1.165) is 32.1 Å². The van der Waals surface area contributed by atoms with Crippen molar-refractivity contribution in [2.75, 3.05) is 6.61 Å². The van der Waals surface area contributed by atoms with Gasteiger partial charge in [0, 0.05) is 11.3 Å². The maximum atomic E-state index is 12.4. The van der Waals surface area contributed by atoms with Crippen LogP contribution in [0.5, 0.6) is 0 Å². The fourth-order valence-corrected chi connectivity index (χ4v) is 5.62. The molecule has 6 atom stereocenters. The van der Waals surface area contributed by atoms with Crippen LogP contribution in [0.2, 0.25) is 0 Å². The predicted molar refractivity (Wildman–Crippen MR) is 90.8 cm³/mol. The van der Waals surface area contributed by atoms with Gasteiger partial charge in [-0.15, -0.1) is 6.58 Å². The van der Waals surface area contributed by atoms with Crippen molar-refractivity contribution in [3.63, 3.8) is 0 Å². The van der Waals surface area contributed by atoms with Gasteiger partial charge in [-0.3, -0.25) is 4.79 Å². The molecule has 0 bridgehead atoms. The third kappa shape index (κ3) is 2.05. The summed E-state index contributed by atoms with van der Waals surface area (Å²) in [6.45, 7) is 10.1. The van der Waals surface area contributed by atoms with Crippen LogP contribution in [0.3, 0.4) is 0 Å². The van der Waals surface area contributed by atoms with Crippen LogP contribution < -0.4 is 0 Å². The second-order valence-electron chi connectivity index (χ2n) is 8.91. The molecule has 0 saturated heterocycles. The van der Waals surface area contributed by atoms with E-state index in [1.54, 1.807) is 6.08 Å². The smallest absolute Gasteiger partial charge is 0.164 e. The number of aliphatic hydroxyl groups excluding tert-OH is 1. The van der Waals surface area contributed by atoms with Crippen LogP contribution in [0.4, 0.5) is 0 Å². The molecule has 0 aliphatic heterocycles. The summed E-state index contributed by atoms with van der Waals surface area (Å²) >= 11 is 0. The van der Waals surface area contributed by atoms with Crippen molar-refractivity contribution in [2.24, 2.45) is 28.1 Å². The monoisotopic (exact) mass is 318 g/mol. The van der Waals surface area contributed by atoms with Gasteiger partial charge >= 0.3 is 0 Å². The van der Waals surface area contributed by atoms with E-state index < -0.39 is 11.0 Å². The van der Waals surface area contributed by atoms with Gasteiger partial charge in [-0.05, 0) is 62.5 Å². The normalized spacial score (nSPS) is 52.7. The summed E-state index contributed by atoms with van der Waals surface area (Å²) in [4.78, 5) is 12.4. The summed E-state index contributed by atoms with van der Waals surface area (Å²) in [5.41, 5.74) is -1.98. The van der Waals surface area contributed by atoms with Gasteiger partial charge in [-0.1, -0.05) is 19.9 Å². The van der Waals surface area contributed by atoms with Crippen LogP contribution in [-0.4, -0.2) is 28.2 Å². The zero-order chi connectivity index (χ0) is 17.1. The molecule has 0 unspecified atom stereocenters. The van der Waals surface area contributed by atoms with Gasteiger partial charge in [0.05, 0.1) is 17.6 Å². The Bertz CT molecular complexity index is 567. The van der Waals surface area contributed by atoms with Crippen LogP contribution in [0.25, 0.3) is 0 Å². The van der Waals surface area contributed by atoms with E-state index in [9.17, 15) is 15.0 Å². The third-order valence-electron chi connectivity index (χ3n) is 7.72. The second-order valence-corrected chi connectivity index (χ2v) is 8.91. The Morgan fingerprint density at radius 3 is 2.61 bits per heavy atom. The number of fused-ring (bicyclic) bond motifs is 3. The standard InChI is InChI=1S/C20H30O3/c1-5-17(2)10-11-19(4)14(12-17)6-7-15-18(3,13-21)16(22)8-9-20(15,19)23/h5,8-9,14-15,21,23H,1,6-7,10-13H2,2-4H3/t14-,15+,17-,18-,19-,20-/m1/s1. The summed E-state index contributed by atoms with van der Waals surface area (Å²) in [5, 5.41) is 21.6. The van der Waals surface area contributed by atoms with Crippen LogP contribution in [0.1, 0.15) is 52.9 Å². The van der Waals surface area contributed by atoms with Crippen LogP contribution in [-0.2, 0) is 4.79 Å². The van der Waals surface area contributed by atoms with E-state index in [2.05, 4.69) is 26.5 Å². The SMILES string of the molecule is C=C[C@]1(C)CC[C@]2(C)[C@H](CC[C@H]3[C@@](C)(CO)C(=O)C=C[C@@]32O)C1. The highest BCUT2D eigenvalue weighted by molar-refractivity contribution is 5.96. The number of hydrogen-bond acceptors (Lipinski definition) is 3. The minimum Gasteiger partial charge on any atom is -0.395 e. The fraction of sp³-hybridized carbons (Fsp3) is 0.750. The first-order valence-electron chi connectivity index (χ1n) is 8.86. The largest absolute Gasteiger partial charge is 0.395 e. The van der Waals surface area contributed by atoms with Gasteiger partial charge < -0.3 is 10.2 Å². The molecular formula is C20H30O3. The molecule has 128 valence electrons. The average Bonchev–Trinajstić information content (AvgIpc) is 2.53. The van der Waals surface area contributed by atoms with E-state index in [0.29, 0.717) is 5.92 Å². The molecule has 3 aliphatic carbocycles. The van der Waals surface area contributed by atoms with Crippen LogP contribution in [0, 0.1) is 28.1 Å². The lowest BCUT2D eigenvalue weighted by molar-refractivity contribution is -0.202. The Morgan fingerprint density at radius 1 is 1.30 bits per heavy atom. The maximum absolute atomic E-state index is 12.4. The molecule has 2 N–H and O–H groups in total. The summed E-state index contributed by atoms with van der Waals surface area (Å²) in [6, 6.07) is 0. The topological polar surface area (TPSA) is 57.5 Å². The van der Waals surface area contributed by atoms with Crippen molar-refractivity contribution in [3.05, 3.63) is 24.8 Å². The van der Waals surface area contributed by atoms with E-state index in [1.165, 1.54) is 6.08 Å². The summed E-state index contributed by atoms with van der Waals surface area (Å²) in [5.74, 6) is 0.164. The molecule has 0 spiro atoms. The number of hydrogen-bond donors (Lipinski definition) is 2. The molecule has 0 aromatic carbocycles. The number of ketones is 1. The lowest BCUT2D eigenvalue weighted by atomic mass is 9.42. The molecule has 3 rings (SSSR count). The lowest BCUT2D eigenvalue weighted by Crippen LogP contribution is -2.66. The Hall–Kier alpha value is -0.930. The van der Waals surface area contributed by atoms with Crippen molar-refractivity contribution >= 4 is 5.78 Å². The van der Waals surface area contributed by atoms with Gasteiger partial charge in [-0.25, -0.2) is 0 Å². The minimum atomic E-state index is -1.01. The van der Waals surface area contributed by atoms with Crippen molar-refractivity contribution in [2.45, 2.75) is 58.5 Å². The van der Waals surface area contributed by atoms with Crippen molar-refractivity contribution < 1.29 is 15.0 Å². The molecule has 2 saturated carbocycles. The highest BCUT2D eigenvalue weighted by atomic mass is 16.3. The number of allylic oxidation sites excluding steroid dienone is 2. The molecule has 0 radical (unpaired) electrons. The molecule has 23 heavy (non-hydrogen) atoms. The summed E-state index contributed by atoms with van der Waals surface area (Å²) in [7, 11) is 0. The molecule has 3 aliphatic rings. The maximum Gasteiger partial charge on any atom is 0.164 e. The average molecular weight is 318 g/mol. The predicted octanol–water partition coefficient (Wildman–Crippen LogP) is 3.26. The fourth-order valence-electron chi connectivity index (χ4n) is 5.62. The number of carbonyl (C=O) groups excluding carboxylic acids is 1. The van der Waals surface area contributed by atoms with Gasteiger partial charge in [0.25, 0.3) is 0 Å².